The summed E-state index contributed by atoms with van der Waals surface area (Å²) in [6.07, 6.45) is -4.50. The van der Waals surface area contributed by atoms with Crippen molar-refractivity contribution in [2.45, 2.75) is 6.18 Å². The van der Waals surface area contributed by atoms with Crippen molar-refractivity contribution in [2.75, 3.05) is 38.1 Å². The highest BCUT2D eigenvalue weighted by Crippen LogP contribution is 2.34. The lowest BCUT2D eigenvalue weighted by molar-refractivity contribution is -0.137. The van der Waals surface area contributed by atoms with E-state index in [1.165, 1.54) is 12.1 Å². The van der Waals surface area contributed by atoms with Gasteiger partial charge in [0.05, 0.1) is 5.56 Å². The van der Waals surface area contributed by atoms with Crippen molar-refractivity contribution in [3.8, 4) is 0 Å². The summed E-state index contributed by atoms with van der Waals surface area (Å²) >= 11 is 0. The van der Waals surface area contributed by atoms with E-state index in [2.05, 4.69) is 4.90 Å². The molecule has 2 rings (SSSR count). The Bertz CT molecular complexity index is 505. The Balaban J connectivity index is 2.33. The number of hydrogen-bond donors (Lipinski definition) is 2. The van der Waals surface area contributed by atoms with Gasteiger partial charge in [-0.1, -0.05) is 0 Å². The van der Waals surface area contributed by atoms with Crippen molar-refractivity contribution in [1.29, 1.82) is 5.41 Å². The van der Waals surface area contributed by atoms with Crippen molar-refractivity contribution in [1.82, 2.24) is 4.90 Å². The predicted octanol–water partition coefficient (Wildman–Crippen LogP) is 1.74. The van der Waals surface area contributed by atoms with E-state index in [1.54, 1.807) is 0 Å². The largest absolute Gasteiger partial charge is 0.417 e. The van der Waals surface area contributed by atoms with Crippen LogP contribution in [0.1, 0.15) is 11.1 Å². The van der Waals surface area contributed by atoms with Crippen LogP contribution in [0.2, 0.25) is 0 Å². The second-order valence-electron chi connectivity index (χ2n) is 4.93. The maximum atomic E-state index is 12.9. The molecule has 1 fully saturated rings. The van der Waals surface area contributed by atoms with E-state index in [4.69, 9.17) is 11.1 Å². The number of piperazine rings is 1. The summed E-state index contributed by atoms with van der Waals surface area (Å²) in [4.78, 5) is 4.17. The van der Waals surface area contributed by atoms with Crippen molar-refractivity contribution in [3.63, 3.8) is 0 Å². The zero-order chi connectivity index (χ0) is 14.9. The van der Waals surface area contributed by atoms with Gasteiger partial charge >= 0.3 is 6.18 Å². The number of nitrogens with one attached hydrogen (secondary N) is 1. The Morgan fingerprint density at radius 2 is 1.80 bits per heavy atom. The zero-order valence-corrected chi connectivity index (χ0v) is 11.2. The predicted molar refractivity (Wildman–Crippen MR) is 72.2 cm³/mol. The van der Waals surface area contributed by atoms with Crippen LogP contribution >= 0.6 is 0 Å². The van der Waals surface area contributed by atoms with E-state index in [9.17, 15) is 13.2 Å². The van der Waals surface area contributed by atoms with Crippen LogP contribution in [0.3, 0.4) is 0 Å². The van der Waals surface area contributed by atoms with Crippen molar-refractivity contribution in [2.24, 2.45) is 5.73 Å². The molecule has 1 aliphatic heterocycles. The number of amidine groups is 1. The number of anilines is 1. The highest BCUT2D eigenvalue weighted by atomic mass is 19.4. The normalized spacial score (nSPS) is 17.3. The Labute approximate surface area is 115 Å². The van der Waals surface area contributed by atoms with E-state index in [1.807, 2.05) is 11.9 Å². The number of rotatable bonds is 2. The molecule has 1 saturated heterocycles. The van der Waals surface area contributed by atoms with Gasteiger partial charge in [0.1, 0.15) is 5.84 Å². The highest BCUT2D eigenvalue weighted by molar-refractivity contribution is 5.97. The van der Waals surface area contributed by atoms with E-state index in [0.29, 0.717) is 5.69 Å². The fourth-order valence-electron chi connectivity index (χ4n) is 2.26. The molecule has 110 valence electrons. The molecule has 1 heterocycles. The van der Waals surface area contributed by atoms with Crippen molar-refractivity contribution >= 4 is 11.5 Å². The van der Waals surface area contributed by atoms with Gasteiger partial charge in [0, 0.05) is 37.4 Å². The Kier molecular flexibility index (Phi) is 3.89. The molecule has 0 aromatic heterocycles. The zero-order valence-electron chi connectivity index (χ0n) is 11.2. The molecule has 1 aromatic carbocycles. The van der Waals surface area contributed by atoms with Gasteiger partial charge in [-0.05, 0) is 25.2 Å². The summed E-state index contributed by atoms with van der Waals surface area (Å²) in [5, 5.41) is 7.35. The standard InChI is InChI=1S/C13H17F3N4/c1-19-4-6-20(7-5-19)9-2-3-11(13(14,15)16)10(8-9)12(17)18/h2-3,8H,4-7H2,1H3,(H3,17,18). The third kappa shape index (κ3) is 3.04. The van der Waals surface area contributed by atoms with Gasteiger partial charge in [-0.3, -0.25) is 5.41 Å². The van der Waals surface area contributed by atoms with Crippen molar-refractivity contribution in [3.05, 3.63) is 29.3 Å². The summed E-state index contributed by atoms with van der Waals surface area (Å²) in [5.41, 5.74) is 4.85. The molecule has 20 heavy (non-hydrogen) atoms. The SMILES string of the molecule is CN1CCN(c2ccc(C(F)(F)F)c(C(=N)N)c2)CC1. The molecule has 0 saturated carbocycles. The average molecular weight is 286 g/mol. The third-order valence-corrected chi connectivity index (χ3v) is 3.47. The van der Waals surface area contributed by atoms with Crippen LogP contribution in [0, 0.1) is 5.41 Å². The maximum absolute atomic E-state index is 12.9. The number of hydrogen-bond acceptors (Lipinski definition) is 3. The van der Waals surface area contributed by atoms with E-state index >= 15 is 0 Å². The Hall–Kier alpha value is -1.76. The van der Waals surface area contributed by atoms with Crippen LogP contribution in [0.4, 0.5) is 18.9 Å². The van der Waals surface area contributed by atoms with Gasteiger partial charge < -0.3 is 15.5 Å². The lowest BCUT2D eigenvalue weighted by Gasteiger charge is -2.34. The van der Waals surface area contributed by atoms with Crippen LogP contribution in [0.15, 0.2) is 18.2 Å². The summed E-state index contributed by atoms with van der Waals surface area (Å²) in [5.74, 6) is -0.562. The van der Waals surface area contributed by atoms with E-state index in [-0.39, 0.29) is 5.56 Å². The summed E-state index contributed by atoms with van der Waals surface area (Å²) in [6.45, 7) is 3.21. The van der Waals surface area contributed by atoms with E-state index < -0.39 is 17.6 Å². The first-order chi connectivity index (χ1) is 9.29. The molecule has 0 amide bonds. The first-order valence-electron chi connectivity index (χ1n) is 6.28. The lowest BCUT2D eigenvalue weighted by atomic mass is 10.0. The number of benzene rings is 1. The molecule has 0 atom stereocenters. The fraction of sp³-hybridized carbons (Fsp3) is 0.462. The minimum absolute atomic E-state index is 0.256. The Morgan fingerprint density at radius 3 is 2.30 bits per heavy atom. The molecule has 0 aliphatic carbocycles. The second-order valence-corrected chi connectivity index (χ2v) is 4.93. The number of halogens is 3. The molecule has 3 N–H and O–H groups in total. The monoisotopic (exact) mass is 286 g/mol. The summed E-state index contributed by atoms with van der Waals surface area (Å²) < 4.78 is 38.6. The molecule has 7 heteroatoms. The molecule has 0 unspecified atom stereocenters. The van der Waals surface area contributed by atoms with Crippen LogP contribution < -0.4 is 10.6 Å². The van der Waals surface area contributed by atoms with Gasteiger partial charge in [0.25, 0.3) is 0 Å². The first kappa shape index (κ1) is 14.6. The minimum atomic E-state index is -4.50. The maximum Gasteiger partial charge on any atom is 0.417 e. The number of nitrogen functional groups attached to an aromatic ring is 1. The summed E-state index contributed by atoms with van der Waals surface area (Å²) in [7, 11) is 2.01. The number of likely N-dealkylation sites (N-methyl/N-ethyl adjacent to an activating group) is 1. The molecule has 1 aromatic rings. The van der Waals surface area contributed by atoms with Gasteiger partial charge in [-0.2, -0.15) is 13.2 Å². The van der Waals surface area contributed by atoms with Crippen LogP contribution in [-0.2, 0) is 6.18 Å². The third-order valence-electron chi connectivity index (χ3n) is 3.47. The second kappa shape index (κ2) is 5.32. The average Bonchev–Trinajstić information content (AvgIpc) is 2.37. The smallest absolute Gasteiger partial charge is 0.384 e. The Morgan fingerprint density at radius 1 is 1.20 bits per heavy atom. The summed E-state index contributed by atoms with van der Waals surface area (Å²) in [6, 6.07) is 3.81. The molecule has 0 bridgehead atoms. The number of nitrogens with two attached hydrogens (primary N) is 1. The molecule has 1 aliphatic rings. The van der Waals surface area contributed by atoms with E-state index in [0.717, 1.165) is 32.2 Å². The molecule has 0 radical (unpaired) electrons. The van der Waals surface area contributed by atoms with Gasteiger partial charge in [0.2, 0.25) is 0 Å². The highest BCUT2D eigenvalue weighted by Gasteiger charge is 2.34. The van der Waals surface area contributed by atoms with Crippen molar-refractivity contribution < 1.29 is 13.2 Å². The number of alkyl halides is 3. The molecule has 0 spiro atoms. The minimum Gasteiger partial charge on any atom is -0.384 e. The van der Waals surface area contributed by atoms with Gasteiger partial charge in [-0.25, -0.2) is 0 Å². The number of nitrogens with zero attached hydrogens (tertiary/aromatic N) is 2. The van der Waals surface area contributed by atoms with Crippen LogP contribution in [0.5, 0.6) is 0 Å². The van der Waals surface area contributed by atoms with Crippen LogP contribution in [-0.4, -0.2) is 44.0 Å². The molecular weight excluding hydrogens is 269 g/mol. The molecular formula is C13H17F3N4. The van der Waals surface area contributed by atoms with Crippen LogP contribution in [0.25, 0.3) is 0 Å². The molecule has 4 nitrogen and oxygen atoms in total. The first-order valence-corrected chi connectivity index (χ1v) is 6.28. The lowest BCUT2D eigenvalue weighted by Crippen LogP contribution is -2.44. The quantitative estimate of drug-likeness (QED) is 0.643. The topological polar surface area (TPSA) is 56.4 Å². The fourth-order valence-corrected chi connectivity index (χ4v) is 2.26. The van der Waals surface area contributed by atoms with Gasteiger partial charge in [-0.15, -0.1) is 0 Å². The van der Waals surface area contributed by atoms with Gasteiger partial charge in [0.15, 0.2) is 0 Å².